The summed E-state index contributed by atoms with van der Waals surface area (Å²) in [5.74, 6) is 1.44. The normalized spacial score (nSPS) is 25.2. The molecule has 0 radical (unpaired) electrons. The van der Waals surface area contributed by atoms with Crippen molar-refractivity contribution in [3.63, 3.8) is 0 Å². The van der Waals surface area contributed by atoms with E-state index in [0.29, 0.717) is 12.0 Å². The molecule has 0 amide bonds. The third kappa shape index (κ3) is 2.76. The molecule has 16 heavy (non-hydrogen) atoms. The van der Waals surface area contributed by atoms with Crippen LogP contribution in [0, 0.1) is 19.8 Å². The number of alkyl halides is 1. The molecule has 2 rings (SSSR count). The smallest absolute Gasteiger partial charge is 0.107 e. The van der Waals surface area contributed by atoms with E-state index in [-0.39, 0.29) is 0 Å². The molecule has 0 spiro atoms. The molecule has 0 bridgehead atoms. The van der Waals surface area contributed by atoms with Crippen LogP contribution >= 0.6 is 22.9 Å². The van der Waals surface area contributed by atoms with E-state index in [2.05, 4.69) is 24.1 Å². The zero-order valence-corrected chi connectivity index (χ0v) is 11.5. The van der Waals surface area contributed by atoms with Gasteiger partial charge in [0.1, 0.15) is 5.01 Å². The highest BCUT2D eigenvalue weighted by molar-refractivity contribution is 7.11. The van der Waals surface area contributed by atoms with Crippen molar-refractivity contribution in [2.75, 3.05) is 5.88 Å². The lowest BCUT2D eigenvalue weighted by molar-refractivity contribution is 0.429. The standard InChI is InChI=1S/C12H19ClN2S/c1-8-9(2)16-12(15-8)7-14-11-5-3-4-10(11)6-13/h10-11,14H,3-7H2,1-2H3. The second-order valence-electron chi connectivity index (χ2n) is 4.58. The van der Waals surface area contributed by atoms with Crippen LogP contribution in [-0.4, -0.2) is 16.9 Å². The predicted molar refractivity (Wildman–Crippen MR) is 70.3 cm³/mol. The number of thiazole rings is 1. The Morgan fingerprint density at radius 1 is 1.44 bits per heavy atom. The highest BCUT2D eigenvalue weighted by Crippen LogP contribution is 2.27. The fraction of sp³-hybridized carbons (Fsp3) is 0.750. The molecule has 2 unspecified atom stereocenters. The van der Waals surface area contributed by atoms with Crippen molar-refractivity contribution in [3.05, 3.63) is 15.6 Å². The van der Waals surface area contributed by atoms with E-state index in [0.717, 1.165) is 12.4 Å². The van der Waals surface area contributed by atoms with E-state index in [1.165, 1.54) is 34.8 Å². The highest BCUT2D eigenvalue weighted by atomic mass is 35.5. The van der Waals surface area contributed by atoms with E-state index in [4.69, 9.17) is 11.6 Å². The zero-order chi connectivity index (χ0) is 11.5. The van der Waals surface area contributed by atoms with Gasteiger partial charge in [-0.05, 0) is 32.6 Å². The minimum Gasteiger partial charge on any atom is -0.307 e. The lowest BCUT2D eigenvalue weighted by Crippen LogP contribution is -2.32. The van der Waals surface area contributed by atoms with Gasteiger partial charge in [0.25, 0.3) is 0 Å². The van der Waals surface area contributed by atoms with Gasteiger partial charge >= 0.3 is 0 Å². The zero-order valence-electron chi connectivity index (χ0n) is 9.92. The van der Waals surface area contributed by atoms with Crippen LogP contribution in [0.2, 0.25) is 0 Å². The molecule has 2 nitrogen and oxygen atoms in total. The van der Waals surface area contributed by atoms with Gasteiger partial charge in [0.15, 0.2) is 0 Å². The number of nitrogens with zero attached hydrogens (tertiary/aromatic N) is 1. The van der Waals surface area contributed by atoms with E-state index < -0.39 is 0 Å². The topological polar surface area (TPSA) is 24.9 Å². The SMILES string of the molecule is Cc1nc(CNC2CCCC2CCl)sc1C. The molecule has 1 saturated carbocycles. The summed E-state index contributed by atoms with van der Waals surface area (Å²) in [6.45, 7) is 5.11. The fourth-order valence-electron chi connectivity index (χ4n) is 2.32. The van der Waals surface area contributed by atoms with Crippen LogP contribution in [0.25, 0.3) is 0 Å². The summed E-state index contributed by atoms with van der Waals surface area (Å²) in [7, 11) is 0. The first kappa shape index (κ1) is 12.3. The Kier molecular flexibility index (Phi) is 4.22. The van der Waals surface area contributed by atoms with Crippen LogP contribution < -0.4 is 5.32 Å². The van der Waals surface area contributed by atoms with Gasteiger partial charge < -0.3 is 5.32 Å². The quantitative estimate of drug-likeness (QED) is 0.839. The lowest BCUT2D eigenvalue weighted by Gasteiger charge is -2.17. The van der Waals surface area contributed by atoms with Crippen LogP contribution in [0.1, 0.15) is 34.8 Å². The Morgan fingerprint density at radius 2 is 2.25 bits per heavy atom. The first-order chi connectivity index (χ1) is 7.70. The van der Waals surface area contributed by atoms with Crippen LogP contribution in [0.5, 0.6) is 0 Å². The van der Waals surface area contributed by atoms with Crippen molar-refractivity contribution >= 4 is 22.9 Å². The summed E-state index contributed by atoms with van der Waals surface area (Å²) in [4.78, 5) is 5.88. The van der Waals surface area contributed by atoms with Gasteiger partial charge in [-0.2, -0.15) is 0 Å². The molecule has 1 N–H and O–H groups in total. The molecule has 1 heterocycles. The molecule has 1 aliphatic rings. The Morgan fingerprint density at radius 3 is 2.88 bits per heavy atom. The van der Waals surface area contributed by atoms with Crippen molar-refractivity contribution in [1.29, 1.82) is 0 Å². The largest absolute Gasteiger partial charge is 0.307 e. The Hall–Kier alpha value is -0.120. The second-order valence-corrected chi connectivity index (χ2v) is 6.18. The molecule has 0 aliphatic heterocycles. The van der Waals surface area contributed by atoms with Crippen molar-refractivity contribution < 1.29 is 0 Å². The average molecular weight is 259 g/mol. The molecule has 1 aromatic rings. The van der Waals surface area contributed by atoms with Crippen molar-refractivity contribution in [2.24, 2.45) is 5.92 Å². The van der Waals surface area contributed by atoms with Crippen LogP contribution in [0.15, 0.2) is 0 Å². The molecule has 90 valence electrons. The maximum Gasteiger partial charge on any atom is 0.107 e. The van der Waals surface area contributed by atoms with Gasteiger partial charge in [-0.1, -0.05) is 6.42 Å². The van der Waals surface area contributed by atoms with Gasteiger partial charge in [-0.3, -0.25) is 0 Å². The number of aryl methyl sites for hydroxylation is 2. The van der Waals surface area contributed by atoms with E-state index >= 15 is 0 Å². The Balaban J connectivity index is 1.87. The second kappa shape index (κ2) is 5.48. The highest BCUT2D eigenvalue weighted by Gasteiger charge is 2.25. The van der Waals surface area contributed by atoms with Gasteiger partial charge in [0.05, 0.1) is 5.69 Å². The first-order valence-corrected chi connectivity index (χ1v) is 7.28. The van der Waals surface area contributed by atoms with Gasteiger partial charge in [-0.25, -0.2) is 4.98 Å². The molecule has 1 aliphatic carbocycles. The van der Waals surface area contributed by atoms with Crippen molar-refractivity contribution in [2.45, 2.75) is 45.7 Å². The molecular weight excluding hydrogens is 240 g/mol. The third-order valence-corrected chi connectivity index (χ3v) is 4.91. The van der Waals surface area contributed by atoms with Crippen molar-refractivity contribution in [1.82, 2.24) is 10.3 Å². The monoisotopic (exact) mass is 258 g/mol. The van der Waals surface area contributed by atoms with Gasteiger partial charge in [-0.15, -0.1) is 22.9 Å². The number of nitrogens with one attached hydrogen (secondary N) is 1. The number of hydrogen-bond acceptors (Lipinski definition) is 3. The minimum absolute atomic E-state index is 0.599. The van der Waals surface area contributed by atoms with Gasteiger partial charge in [0.2, 0.25) is 0 Å². The number of hydrogen-bond donors (Lipinski definition) is 1. The van der Waals surface area contributed by atoms with E-state index in [1.54, 1.807) is 11.3 Å². The third-order valence-electron chi connectivity index (χ3n) is 3.45. The number of aromatic nitrogens is 1. The Bertz CT molecular complexity index is 331. The molecule has 4 heteroatoms. The summed E-state index contributed by atoms with van der Waals surface area (Å²) in [6.07, 6.45) is 3.85. The molecule has 0 aromatic carbocycles. The lowest BCUT2D eigenvalue weighted by atomic mass is 10.1. The van der Waals surface area contributed by atoms with E-state index in [1.807, 2.05) is 0 Å². The average Bonchev–Trinajstić information content (AvgIpc) is 2.83. The number of halogens is 1. The first-order valence-electron chi connectivity index (χ1n) is 5.93. The molecule has 2 atom stereocenters. The predicted octanol–water partition coefficient (Wildman–Crippen LogP) is 3.26. The maximum absolute atomic E-state index is 5.96. The number of rotatable bonds is 4. The summed E-state index contributed by atoms with van der Waals surface area (Å²) in [5.41, 5.74) is 1.17. The fourth-order valence-corrected chi connectivity index (χ4v) is 3.58. The van der Waals surface area contributed by atoms with E-state index in [9.17, 15) is 0 Å². The van der Waals surface area contributed by atoms with Crippen LogP contribution in [0.4, 0.5) is 0 Å². The van der Waals surface area contributed by atoms with Crippen LogP contribution in [0.3, 0.4) is 0 Å². The summed E-state index contributed by atoms with van der Waals surface area (Å²) >= 11 is 7.76. The maximum atomic E-state index is 5.96. The minimum atomic E-state index is 0.599. The summed E-state index contributed by atoms with van der Waals surface area (Å²) < 4.78 is 0. The molecule has 1 aromatic heterocycles. The molecule has 1 fully saturated rings. The van der Waals surface area contributed by atoms with Crippen LogP contribution in [-0.2, 0) is 6.54 Å². The molecule has 0 saturated heterocycles. The summed E-state index contributed by atoms with van der Waals surface area (Å²) in [6, 6.07) is 0.599. The van der Waals surface area contributed by atoms with Crippen molar-refractivity contribution in [3.8, 4) is 0 Å². The summed E-state index contributed by atoms with van der Waals surface area (Å²) in [5, 5.41) is 4.81. The Labute approximate surface area is 106 Å². The van der Waals surface area contributed by atoms with Gasteiger partial charge in [0, 0.05) is 23.3 Å². The molecular formula is C12H19ClN2S.